The van der Waals surface area contributed by atoms with Crippen LogP contribution in [0.4, 0.5) is 5.69 Å². The van der Waals surface area contributed by atoms with Crippen LogP contribution in [0.3, 0.4) is 0 Å². The lowest BCUT2D eigenvalue weighted by Crippen LogP contribution is -2.30. The molecular weight excluding hydrogens is 384 g/mol. The number of benzene rings is 2. The van der Waals surface area contributed by atoms with E-state index in [0.29, 0.717) is 13.0 Å². The highest BCUT2D eigenvalue weighted by molar-refractivity contribution is 7.89. The quantitative estimate of drug-likeness (QED) is 0.820. The second kappa shape index (κ2) is 6.96. The molecule has 0 aromatic heterocycles. The van der Waals surface area contributed by atoms with E-state index < -0.39 is 10.0 Å². The van der Waals surface area contributed by atoms with Crippen molar-refractivity contribution >= 4 is 21.6 Å². The molecule has 3 aliphatic rings. The van der Waals surface area contributed by atoms with Crippen LogP contribution >= 0.6 is 0 Å². The summed E-state index contributed by atoms with van der Waals surface area (Å²) in [5, 5.41) is 0. The number of rotatable bonds is 5. The number of amides is 1. The minimum Gasteiger partial charge on any atom is -0.312 e. The standard InChI is InChI=1S/C23H26N2O3S/c1-15(18-8-5-16-3-2-4-19(16)13-18)24-29(27,28)21-9-10-22-20(14-21)11-12-25(22)23(26)17-6-7-17/h5,8-10,13-15,17,24H,2-4,6-7,11-12H2,1H3/t15-/m0/s1. The lowest BCUT2D eigenvalue weighted by Gasteiger charge is -2.18. The number of anilines is 1. The minimum absolute atomic E-state index is 0.166. The number of sulfonamides is 1. The zero-order chi connectivity index (χ0) is 20.2. The molecule has 29 heavy (non-hydrogen) atoms. The van der Waals surface area contributed by atoms with Crippen LogP contribution in [0, 0.1) is 5.92 Å². The van der Waals surface area contributed by atoms with Crippen molar-refractivity contribution in [3.8, 4) is 0 Å². The number of carbonyl (C=O) groups excluding carboxylic acids is 1. The molecule has 0 bridgehead atoms. The van der Waals surface area contributed by atoms with E-state index in [-0.39, 0.29) is 22.8 Å². The number of hydrogen-bond donors (Lipinski definition) is 1. The van der Waals surface area contributed by atoms with Crippen LogP contribution in [0.2, 0.25) is 0 Å². The summed E-state index contributed by atoms with van der Waals surface area (Å²) in [6.45, 7) is 2.53. The summed E-state index contributed by atoms with van der Waals surface area (Å²) in [7, 11) is -3.64. The molecule has 6 heteroatoms. The molecule has 1 atom stereocenters. The van der Waals surface area contributed by atoms with Crippen molar-refractivity contribution < 1.29 is 13.2 Å². The molecule has 0 saturated heterocycles. The number of nitrogens with zero attached hydrogens (tertiary/aromatic N) is 1. The van der Waals surface area contributed by atoms with E-state index in [0.717, 1.165) is 42.5 Å². The van der Waals surface area contributed by atoms with E-state index in [2.05, 4.69) is 16.9 Å². The first-order chi connectivity index (χ1) is 13.9. The van der Waals surface area contributed by atoms with Crippen LogP contribution in [0.5, 0.6) is 0 Å². The predicted octanol–water partition coefficient (Wildman–Crippen LogP) is 3.51. The Morgan fingerprint density at radius 2 is 1.83 bits per heavy atom. The average Bonchev–Trinajstić information content (AvgIpc) is 3.30. The maximum atomic E-state index is 13.0. The molecule has 2 aromatic carbocycles. The molecule has 1 aliphatic heterocycles. The van der Waals surface area contributed by atoms with Gasteiger partial charge in [0, 0.05) is 24.2 Å². The molecule has 1 fully saturated rings. The van der Waals surface area contributed by atoms with Gasteiger partial charge in [-0.2, -0.15) is 0 Å². The van der Waals surface area contributed by atoms with Gasteiger partial charge in [-0.3, -0.25) is 4.79 Å². The normalized spacial score (nSPS) is 19.1. The highest BCUT2D eigenvalue weighted by atomic mass is 32.2. The van der Waals surface area contributed by atoms with Crippen LogP contribution < -0.4 is 9.62 Å². The first kappa shape index (κ1) is 18.8. The Morgan fingerprint density at radius 3 is 2.62 bits per heavy atom. The zero-order valence-corrected chi connectivity index (χ0v) is 17.5. The number of fused-ring (bicyclic) bond motifs is 2. The van der Waals surface area contributed by atoms with Gasteiger partial charge in [0.2, 0.25) is 15.9 Å². The van der Waals surface area contributed by atoms with Crippen LogP contribution in [-0.4, -0.2) is 20.9 Å². The fourth-order valence-corrected chi connectivity index (χ4v) is 5.84. The van der Waals surface area contributed by atoms with Crippen molar-refractivity contribution in [1.82, 2.24) is 4.72 Å². The van der Waals surface area contributed by atoms with Crippen molar-refractivity contribution in [1.29, 1.82) is 0 Å². The van der Waals surface area contributed by atoms with Gasteiger partial charge in [0.25, 0.3) is 0 Å². The third kappa shape index (κ3) is 3.49. The Bertz CT molecular complexity index is 1090. The summed E-state index contributed by atoms with van der Waals surface area (Å²) in [5.74, 6) is 0.349. The second-order valence-corrected chi connectivity index (χ2v) is 10.2. The molecular formula is C23H26N2O3S. The van der Waals surface area contributed by atoms with E-state index in [1.807, 2.05) is 17.9 Å². The maximum Gasteiger partial charge on any atom is 0.241 e. The Morgan fingerprint density at radius 1 is 1.03 bits per heavy atom. The summed E-state index contributed by atoms with van der Waals surface area (Å²) in [5.41, 5.74) is 5.52. The summed E-state index contributed by atoms with van der Waals surface area (Å²) in [6, 6.07) is 11.1. The topological polar surface area (TPSA) is 66.5 Å². The monoisotopic (exact) mass is 410 g/mol. The van der Waals surface area contributed by atoms with Gasteiger partial charge in [-0.25, -0.2) is 13.1 Å². The van der Waals surface area contributed by atoms with Gasteiger partial charge >= 0.3 is 0 Å². The third-order valence-electron chi connectivity index (χ3n) is 6.40. The van der Waals surface area contributed by atoms with E-state index in [1.165, 1.54) is 17.5 Å². The molecule has 0 unspecified atom stereocenters. The van der Waals surface area contributed by atoms with Gasteiger partial charge in [-0.1, -0.05) is 18.2 Å². The molecule has 1 saturated carbocycles. The summed E-state index contributed by atoms with van der Waals surface area (Å²) in [6.07, 6.45) is 6.02. The first-order valence-electron chi connectivity index (χ1n) is 10.5. The summed E-state index contributed by atoms with van der Waals surface area (Å²) >= 11 is 0. The molecule has 5 nitrogen and oxygen atoms in total. The van der Waals surface area contributed by atoms with Gasteiger partial charge in [0.1, 0.15) is 0 Å². The Kier molecular flexibility index (Phi) is 4.51. The molecule has 1 amide bonds. The van der Waals surface area contributed by atoms with Gasteiger partial charge in [0.05, 0.1) is 4.90 Å². The Hall–Kier alpha value is -2.18. The maximum absolute atomic E-state index is 13.0. The molecule has 0 spiro atoms. The predicted molar refractivity (Wildman–Crippen MR) is 112 cm³/mol. The second-order valence-electron chi connectivity index (χ2n) is 8.53. The van der Waals surface area contributed by atoms with Crippen LogP contribution in [-0.2, 0) is 34.1 Å². The lowest BCUT2D eigenvalue weighted by atomic mass is 10.0. The van der Waals surface area contributed by atoms with Crippen molar-refractivity contribution in [2.45, 2.75) is 56.4 Å². The number of hydrogen-bond acceptors (Lipinski definition) is 3. The molecule has 1 heterocycles. The molecule has 0 radical (unpaired) electrons. The summed E-state index contributed by atoms with van der Waals surface area (Å²) in [4.78, 5) is 14.5. The van der Waals surface area contributed by atoms with Gasteiger partial charge in [0.15, 0.2) is 0 Å². The minimum atomic E-state index is -3.64. The van der Waals surface area contributed by atoms with Crippen molar-refractivity contribution in [2.75, 3.05) is 11.4 Å². The Balaban J connectivity index is 1.35. The van der Waals surface area contributed by atoms with Gasteiger partial charge < -0.3 is 4.90 Å². The number of nitrogens with one attached hydrogen (secondary N) is 1. The fourth-order valence-electron chi connectivity index (χ4n) is 4.55. The number of aryl methyl sites for hydroxylation is 2. The van der Waals surface area contributed by atoms with Crippen LogP contribution in [0.25, 0.3) is 0 Å². The smallest absolute Gasteiger partial charge is 0.241 e. The van der Waals surface area contributed by atoms with Gasteiger partial charge in [-0.15, -0.1) is 0 Å². The van der Waals surface area contributed by atoms with Gasteiger partial charge in [-0.05, 0) is 85.9 Å². The van der Waals surface area contributed by atoms with Crippen LogP contribution in [0.15, 0.2) is 41.3 Å². The van der Waals surface area contributed by atoms with Crippen molar-refractivity contribution in [3.63, 3.8) is 0 Å². The number of carbonyl (C=O) groups is 1. The lowest BCUT2D eigenvalue weighted by molar-refractivity contribution is -0.119. The van der Waals surface area contributed by atoms with Crippen molar-refractivity contribution in [2.24, 2.45) is 5.92 Å². The van der Waals surface area contributed by atoms with E-state index in [9.17, 15) is 13.2 Å². The fraction of sp³-hybridized carbons (Fsp3) is 0.435. The van der Waals surface area contributed by atoms with E-state index in [1.54, 1.807) is 18.2 Å². The van der Waals surface area contributed by atoms with Crippen molar-refractivity contribution in [3.05, 3.63) is 58.7 Å². The highest BCUT2D eigenvalue weighted by Crippen LogP contribution is 2.37. The molecule has 2 aliphatic carbocycles. The SMILES string of the molecule is C[C@H](NS(=O)(=O)c1ccc2c(c1)CCN2C(=O)C1CC1)c1ccc2c(c1)CCC2. The summed E-state index contributed by atoms with van der Waals surface area (Å²) < 4.78 is 28.8. The first-order valence-corrected chi connectivity index (χ1v) is 12.0. The van der Waals surface area contributed by atoms with E-state index in [4.69, 9.17) is 0 Å². The molecule has 1 N–H and O–H groups in total. The van der Waals surface area contributed by atoms with Crippen LogP contribution in [0.1, 0.15) is 54.5 Å². The molecule has 5 rings (SSSR count). The average molecular weight is 411 g/mol. The third-order valence-corrected chi connectivity index (χ3v) is 7.94. The van der Waals surface area contributed by atoms with E-state index >= 15 is 0 Å². The Labute approximate surface area is 172 Å². The zero-order valence-electron chi connectivity index (χ0n) is 16.6. The largest absolute Gasteiger partial charge is 0.312 e. The molecule has 152 valence electrons. The highest BCUT2D eigenvalue weighted by Gasteiger charge is 2.36. The molecule has 2 aromatic rings.